The molecule has 0 aliphatic heterocycles. The van der Waals surface area contributed by atoms with Crippen molar-refractivity contribution < 1.29 is 0 Å². The average molecular weight is 243 g/mol. The first-order valence-corrected chi connectivity index (χ1v) is 5.78. The summed E-state index contributed by atoms with van der Waals surface area (Å²) in [7, 11) is 4.12. The molecule has 0 aromatic carbocycles. The molecule has 0 aliphatic carbocycles. The highest BCUT2D eigenvalue weighted by atomic mass is 35.5. The minimum absolute atomic E-state index is 0.530. The Labute approximate surface area is 102 Å². The van der Waals surface area contributed by atoms with Crippen molar-refractivity contribution in [1.29, 1.82) is 0 Å². The lowest BCUT2D eigenvalue weighted by molar-refractivity contribution is 0.405. The van der Waals surface area contributed by atoms with Gasteiger partial charge in [0, 0.05) is 17.8 Å². The summed E-state index contributed by atoms with van der Waals surface area (Å²) in [6, 6.07) is 0. The summed E-state index contributed by atoms with van der Waals surface area (Å²) in [5, 5.41) is 3.71. The molecule has 0 atom stereocenters. The van der Waals surface area contributed by atoms with Crippen LogP contribution in [-0.4, -0.2) is 42.1 Å². The quantitative estimate of drug-likeness (QED) is 0.634. The maximum absolute atomic E-state index is 5.98. The van der Waals surface area contributed by atoms with Gasteiger partial charge in [0.05, 0.1) is 0 Å². The smallest absolute Gasteiger partial charge is 0.224 e. The highest BCUT2D eigenvalue weighted by Crippen LogP contribution is 2.16. The summed E-state index contributed by atoms with van der Waals surface area (Å²) in [6.45, 7) is 5.77. The molecule has 4 nitrogen and oxygen atoms in total. The van der Waals surface area contributed by atoms with Crippen molar-refractivity contribution in [3.8, 4) is 0 Å². The first-order chi connectivity index (χ1) is 7.50. The van der Waals surface area contributed by atoms with Crippen molar-refractivity contribution in [2.24, 2.45) is 0 Å². The van der Waals surface area contributed by atoms with Crippen LogP contribution in [0.1, 0.15) is 17.7 Å². The van der Waals surface area contributed by atoms with E-state index >= 15 is 0 Å². The zero-order valence-corrected chi connectivity index (χ0v) is 11.1. The van der Waals surface area contributed by atoms with Gasteiger partial charge in [0.2, 0.25) is 5.95 Å². The van der Waals surface area contributed by atoms with Crippen LogP contribution in [0.25, 0.3) is 0 Å². The van der Waals surface area contributed by atoms with Crippen LogP contribution in [0.2, 0.25) is 5.15 Å². The van der Waals surface area contributed by atoms with Crippen molar-refractivity contribution in [2.75, 3.05) is 32.5 Å². The summed E-state index contributed by atoms with van der Waals surface area (Å²) >= 11 is 5.98. The molecule has 1 aromatic rings. The number of nitrogens with one attached hydrogen (secondary N) is 1. The second-order valence-electron chi connectivity index (χ2n) is 4.13. The van der Waals surface area contributed by atoms with Crippen LogP contribution < -0.4 is 5.32 Å². The van der Waals surface area contributed by atoms with Gasteiger partial charge in [0.1, 0.15) is 5.15 Å². The molecule has 90 valence electrons. The van der Waals surface area contributed by atoms with E-state index in [-0.39, 0.29) is 0 Å². The van der Waals surface area contributed by atoms with E-state index < -0.39 is 0 Å². The largest absolute Gasteiger partial charge is 0.354 e. The van der Waals surface area contributed by atoms with Crippen molar-refractivity contribution in [3.63, 3.8) is 0 Å². The fourth-order valence-corrected chi connectivity index (χ4v) is 1.49. The molecule has 5 heteroatoms. The molecule has 0 radical (unpaired) electrons. The van der Waals surface area contributed by atoms with Crippen LogP contribution in [0, 0.1) is 13.8 Å². The third-order valence-corrected chi connectivity index (χ3v) is 2.76. The Bertz CT molecular complexity index is 329. The number of nitrogens with zero attached hydrogens (tertiary/aromatic N) is 3. The Kier molecular flexibility index (Phi) is 4.96. The molecular weight excluding hydrogens is 224 g/mol. The van der Waals surface area contributed by atoms with Gasteiger partial charge in [-0.2, -0.15) is 0 Å². The van der Waals surface area contributed by atoms with E-state index in [9.17, 15) is 0 Å². The molecule has 16 heavy (non-hydrogen) atoms. The Morgan fingerprint density at radius 3 is 2.50 bits per heavy atom. The maximum atomic E-state index is 5.98. The van der Waals surface area contributed by atoms with Crippen LogP contribution in [0.15, 0.2) is 0 Å². The van der Waals surface area contributed by atoms with Gasteiger partial charge in [-0.25, -0.2) is 9.97 Å². The van der Waals surface area contributed by atoms with Gasteiger partial charge >= 0.3 is 0 Å². The minimum atomic E-state index is 0.530. The monoisotopic (exact) mass is 242 g/mol. The van der Waals surface area contributed by atoms with Gasteiger partial charge in [-0.15, -0.1) is 0 Å². The number of hydrogen-bond donors (Lipinski definition) is 1. The Morgan fingerprint density at radius 1 is 1.25 bits per heavy atom. The van der Waals surface area contributed by atoms with E-state index in [0.29, 0.717) is 11.1 Å². The van der Waals surface area contributed by atoms with Gasteiger partial charge in [0.15, 0.2) is 0 Å². The molecule has 0 amide bonds. The van der Waals surface area contributed by atoms with Gasteiger partial charge in [-0.05, 0) is 40.9 Å². The van der Waals surface area contributed by atoms with Crippen LogP contribution >= 0.6 is 11.6 Å². The van der Waals surface area contributed by atoms with Crippen molar-refractivity contribution in [3.05, 3.63) is 16.4 Å². The first-order valence-electron chi connectivity index (χ1n) is 5.40. The molecule has 1 rings (SSSR count). The minimum Gasteiger partial charge on any atom is -0.354 e. The lowest BCUT2D eigenvalue weighted by Gasteiger charge is -2.10. The third kappa shape index (κ3) is 3.94. The van der Waals surface area contributed by atoms with E-state index in [2.05, 4.69) is 34.3 Å². The molecule has 0 saturated heterocycles. The SMILES string of the molecule is Cc1nc(NCCCN(C)C)nc(Cl)c1C. The predicted octanol–water partition coefficient (Wildman–Crippen LogP) is 2.11. The van der Waals surface area contributed by atoms with Crippen molar-refractivity contribution in [1.82, 2.24) is 14.9 Å². The number of aromatic nitrogens is 2. The molecular formula is C11H19ClN4. The zero-order valence-electron chi connectivity index (χ0n) is 10.3. The summed E-state index contributed by atoms with van der Waals surface area (Å²) < 4.78 is 0. The van der Waals surface area contributed by atoms with Crippen LogP contribution in [0.3, 0.4) is 0 Å². The molecule has 0 aliphatic rings. The number of halogens is 1. The van der Waals surface area contributed by atoms with E-state index in [1.165, 1.54) is 0 Å². The number of rotatable bonds is 5. The van der Waals surface area contributed by atoms with Crippen molar-refractivity contribution >= 4 is 17.5 Å². The highest BCUT2D eigenvalue weighted by molar-refractivity contribution is 6.30. The van der Waals surface area contributed by atoms with E-state index in [1.54, 1.807) is 0 Å². The summed E-state index contributed by atoms with van der Waals surface area (Å²) in [5.74, 6) is 0.617. The molecule has 0 unspecified atom stereocenters. The third-order valence-electron chi connectivity index (χ3n) is 2.40. The standard InChI is InChI=1S/C11H19ClN4/c1-8-9(2)14-11(15-10(8)12)13-6-5-7-16(3)4/h5-7H2,1-4H3,(H,13,14,15). The molecule has 1 aromatic heterocycles. The van der Waals surface area contributed by atoms with Gasteiger partial charge in [0.25, 0.3) is 0 Å². The van der Waals surface area contributed by atoms with Crippen molar-refractivity contribution in [2.45, 2.75) is 20.3 Å². The number of anilines is 1. The summed E-state index contributed by atoms with van der Waals surface area (Å²) in [6.07, 6.45) is 1.06. The second-order valence-corrected chi connectivity index (χ2v) is 4.49. The first kappa shape index (κ1) is 13.2. The fraction of sp³-hybridized carbons (Fsp3) is 0.636. The Balaban J connectivity index is 2.49. The maximum Gasteiger partial charge on any atom is 0.224 e. The zero-order chi connectivity index (χ0) is 12.1. The lowest BCUT2D eigenvalue weighted by atomic mass is 10.3. The van der Waals surface area contributed by atoms with Crippen LogP contribution in [0.5, 0.6) is 0 Å². The molecule has 0 spiro atoms. The Morgan fingerprint density at radius 2 is 1.94 bits per heavy atom. The molecule has 1 N–H and O–H groups in total. The molecule has 0 saturated carbocycles. The van der Waals surface area contributed by atoms with E-state index in [0.717, 1.165) is 30.8 Å². The molecule has 0 fully saturated rings. The number of hydrogen-bond acceptors (Lipinski definition) is 4. The second kappa shape index (κ2) is 6.01. The molecule has 0 bridgehead atoms. The number of aryl methyl sites for hydroxylation is 1. The summed E-state index contributed by atoms with van der Waals surface area (Å²) in [5.41, 5.74) is 1.87. The highest BCUT2D eigenvalue weighted by Gasteiger charge is 2.04. The van der Waals surface area contributed by atoms with Gasteiger partial charge < -0.3 is 10.2 Å². The normalized spacial score (nSPS) is 10.9. The Hall–Kier alpha value is -0.870. The van der Waals surface area contributed by atoms with Crippen LogP contribution in [-0.2, 0) is 0 Å². The average Bonchev–Trinajstić information content (AvgIpc) is 2.20. The topological polar surface area (TPSA) is 41.1 Å². The van der Waals surface area contributed by atoms with Gasteiger partial charge in [-0.1, -0.05) is 11.6 Å². The van der Waals surface area contributed by atoms with E-state index in [1.807, 2.05) is 13.8 Å². The van der Waals surface area contributed by atoms with Crippen LogP contribution in [0.4, 0.5) is 5.95 Å². The van der Waals surface area contributed by atoms with Gasteiger partial charge in [-0.3, -0.25) is 0 Å². The molecule has 1 heterocycles. The summed E-state index contributed by atoms with van der Waals surface area (Å²) in [4.78, 5) is 10.7. The fourth-order valence-electron chi connectivity index (χ4n) is 1.27. The lowest BCUT2D eigenvalue weighted by Crippen LogP contribution is -2.17. The predicted molar refractivity (Wildman–Crippen MR) is 68.2 cm³/mol. The van der Waals surface area contributed by atoms with E-state index in [4.69, 9.17) is 11.6 Å².